The van der Waals surface area contributed by atoms with E-state index in [4.69, 9.17) is 10.00 Å². The molecule has 0 aliphatic carbocycles. The van der Waals surface area contributed by atoms with Gasteiger partial charge in [-0.15, -0.1) is 0 Å². The molecule has 2 heterocycles. The fourth-order valence-electron chi connectivity index (χ4n) is 2.82. The van der Waals surface area contributed by atoms with Gasteiger partial charge in [-0.2, -0.15) is 5.26 Å². The number of rotatable bonds is 1. The average Bonchev–Trinajstić information content (AvgIpc) is 2.84. The van der Waals surface area contributed by atoms with E-state index in [1.807, 2.05) is 24.3 Å². The number of morpholine rings is 1. The van der Waals surface area contributed by atoms with Crippen LogP contribution in [0, 0.1) is 11.3 Å². The lowest BCUT2D eigenvalue weighted by Crippen LogP contribution is -2.48. The Bertz CT molecular complexity index is 465. The van der Waals surface area contributed by atoms with Gasteiger partial charge in [-0.05, 0) is 31.3 Å². The van der Waals surface area contributed by atoms with Crippen LogP contribution in [-0.4, -0.2) is 50.3 Å². The number of anilines is 1. The van der Waals surface area contributed by atoms with Gasteiger partial charge < -0.3 is 9.64 Å². The molecule has 0 saturated carbocycles. The van der Waals surface area contributed by atoms with Crippen LogP contribution in [0.15, 0.2) is 24.3 Å². The van der Waals surface area contributed by atoms with Crippen LogP contribution in [-0.2, 0) is 4.74 Å². The third-order valence-corrected chi connectivity index (χ3v) is 3.94. The van der Waals surface area contributed by atoms with Gasteiger partial charge in [0.15, 0.2) is 0 Å². The number of hydrogen-bond donors (Lipinski definition) is 0. The number of benzene rings is 1. The third kappa shape index (κ3) is 1.96. The van der Waals surface area contributed by atoms with E-state index in [1.165, 1.54) is 5.69 Å². The zero-order chi connectivity index (χ0) is 12.5. The van der Waals surface area contributed by atoms with Crippen molar-refractivity contribution in [3.8, 4) is 6.07 Å². The molecule has 0 aromatic heterocycles. The van der Waals surface area contributed by atoms with Crippen molar-refractivity contribution in [2.45, 2.75) is 12.1 Å². The van der Waals surface area contributed by atoms with Crippen molar-refractivity contribution >= 4 is 5.69 Å². The summed E-state index contributed by atoms with van der Waals surface area (Å²) in [6, 6.07) is 10.4. The summed E-state index contributed by atoms with van der Waals surface area (Å²) in [4.78, 5) is 4.73. The van der Waals surface area contributed by atoms with Crippen molar-refractivity contribution in [3.63, 3.8) is 0 Å². The lowest BCUT2D eigenvalue weighted by Gasteiger charge is -2.33. The van der Waals surface area contributed by atoms with Crippen molar-refractivity contribution in [1.82, 2.24) is 4.90 Å². The topological polar surface area (TPSA) is 39.5 Å². The molecule has 2 atom stereocenters. The largest absolute Gasteiger partial charge is 0.373 e. The second kappa shape index (κ2) is 4.60. The number of ether oxygens (including phenoxy) is 1. The lowest BCUT2D eigenvalue weighted by atomic mass is 10.1. The molecule has 0 spiro atoms. The first-order valence-corrected chi connectivity index (χ1v) is 6.35. The Morgan fingerprint density at radius 2 is 2.06 bits per heavy atom. The van der Waals surface area contributed by atoms with Gasteiger partial charge in [0.25, 0.3) is 0 Å². The number of likely N-dealkylation sites (N-methyl/N-ethyl adjacent to an activating group) is 1. The van der Waals surface area contributed by atoms with E-state index in [0.717, 1.165) is 26.2 Å². The maximum absolute atomic E-state index is 8.81. The molecule has 2 saturated heterocycles. The highest BCUT2D eigenvalue weighted by atomic mass is 16.5. The van der Waals surface area contributed by atoms with Gasteiger partial charge in [-0.3, -0.25) is 4.90 Å². The standard InChI is InChI=1S/C14H17N3O/c1-16-6-7-18-14-10-17(9-13(14)16)12-4-2-11(8-15)3-5-12/h2-5,13-14H,6-7,9-10H2,1H3/t13-,14+/m0/s1. The van der Waals surface area contributed by atoms with Crippen LogP contribution in [0.25, 0.3) is 0 Å². The Labute approximate surface area is 107 Å². The molecular weight excluding hydrogens is 226 g/mol. The van der Waals surface area contributed by atoms with E-state index in [-0.39, 0.29) is 0 Å². The van der Waals surface area contributed by atoms with Gasteiger partial charge in [0.05, 0.1) is 30.4 Å². The smallest absolute Gasteiger partial charge is 0.0991 e. The molecular formula is C14H17N3O. The Morgan fingerprint density at radius 1 is 1.28 bits per heavy atom. The molecule has 1 aromatic carbocycles. The van der Waals surface area contributed by atoms with Gasteiger partial charge in [0.1, 0.15) is 0 Å². The van der Waals surface area contributed by atoms with Crippen LogP contribution in [0.2, 0.25) is 0 Å². The second-order valence-corrected chi connectivity index (χ2v) is 5.02. The minimum absolute atomic E-state index is 0.319. The van der Waals surface area contributed by atoms with Crippen molar-refractivity contribution in [2.24, 2.45) is 0 Å². The first-order chi connectivity index (χ1) is 8.78. The summed E-state index contributed by atoms with van der Waals surface area (Å²) in [7, 11) is 2.17. The minimum Gasteiger partial charge on any atom is -0.373 e. The first kappa shape index (κ1) is 11.5. The first-order valence-electron chi connectivity index (χ1n) is 6.35. The zero-order valence-electron chi connectivity index (χ0n) is 10.5. The molecule has 2 aliphatic rings. The van der Waals surface area contributed by atoms with E-state index in [1.54, 1.807) is 0 Å². The molecule has 2 fully saturated rings. The molecule has 0 amide bonds. The second-order valence-electron chi connectivity index (χ2n) is 5.02. The molecule has 0 bridgehead atoms. The monoisotopic (exact) mass is 243 g/mol. The molecule has 2 aliphatic heterocycles. The van der Waals surface area contributed by atoms with Gasteiger partial charge in [0.2, 0.25) is 0 Å². The molecule has 3 rings (SSSR count). The van der Waals surface area contributed by atoms with Crippen LogP contribution in [0.1, 0.15) is 5.56 Å². The van der Waals surface area contributed by atoms with E-state index in [0.29, 0.717) is 17.7 Å². The van der Waals surface area contributed by atoms with Gasteiger partial charge in [-0.1, -0.05) is 0 Å². The third-order valence-electron chi connectivity index (χ3n) is 3.94. The molecule has 0 unspecified atom stereocenters. The molecule has 4 heteroatoms. The number of hydrogen-bond acceptors (Lipinski definition) is 4. The summed E-state index contributed by atoms with van der Waals surface area (Å²) in [5, 5.41) is 8.81. The van der Waals surface area contributed by atoms with Gasteiger partial charge in [0, 0.05) is 25.3 Å². The molecule has 0 radical (unpaired) electrons. The SMILES string of the molecule is CN1CCO[C@@H]2CN(c3ccc(C#N)cc3)C[C@@H]21. The van der Waals surface area contributed by atoms with Crippen LogP contribution < -0.4 is 4.90 Å². The number of nitrogens with zero attached hydrogens (tertiary/aromatic N) is 3. The number of nitriles is 1. The van der Waals surface area contributed by atoms with Crippen molar-refractivity contribution in [3.05, 3.63) is 29.8 Å². The zero-order valence-corrected chi connectivity index (χ0v) is 10.5. The summed E-state index contributed by atoms with van der Waals surface area (Å²) < 4.78 is 5.83. The van der Waals surface area contributed by atoms with Crippen LogP contribution in [0.4, 0.5) is 5.69 Å². The predicted octanol–water partition coefficient (Wildman–Crippen LogP) is 1.08. The fourth-order valence-corrected chi connectivity index (χ4v) is 2.82. The summed E-state index contributed by atoms with van der Waals surface area (Å²) in [5.74, 6) is 0. The lowest BCUT2D eigenvalue weighted by molar-refractivity contribution is -0.0362. The molecule has 0 N–H and O–H groups in total. The Morgan fingerprint density at radius 3 is 2.72 bits per heavy atom. The van der Waals surface area contributed by atoms with E-state index < -0.39 is 0 Å². The summed E-state index contributed by atoms with van der Waals surface area (Å²) >= 11 is 0. The number of fused-ring (bicyclic) bond motifs is 1. The molecule has 1 aromatic rings. The van der Waals surface area contributed by atoms with E-state index in [9.17, 15) is 0 Å². The Hall–Kier alpha value is -1.57. The normalized spacial score (nSPS) is 27.9. The molecule has 94 valence electrons. The van der Waals surface area contributed by atoms with Crippen LogP contribution in [0.5, 0.6) is 0 Å². The highest BCUT2D eigenvalue weighted by Crippen LogP contribution is 2.26. The van der Waals surface area contributed by atoms with Crippen molar-refractivity contribution < 1.29 is 4.74 Å². The molecule has 4 nitrogen and oxygen atoms in total. The van der Waals surface area contributed by atoms with E-state index in [2.05, 4.69) is 22.9 Å². The van der Waals surface area contributed by atoms with Gasteiger partial charge >= 0.3 is 0 Å². The highest BCUT2D eigenvalue weighted by molar-refractivity contribution is 5.51. The molecule has 18 heavy (non-hydrogen) atoms. The minimum atomic E-state index is 0.319. The summed E-state index contributed by atoms with van der Waals surface area (Å²) in [6.45, 7) is 3.80. The Kier molecular flexibility index (Phi) is 2.94. The Balaban J connectivity index is 1.76. The summed E-state index contributed by atoms with van der Waals surface area (Å²) in [5.41, 5.74) is 1.89. The van der Waals surface area contributed by atoms with Gasteiger partial charge in [-0.25, -0.2) is 0 Å². The average molecular weight is 243 g/mol. The predicted molar refractivity (Wildman–Crippen MR) is 69.5 cm³/mol. The fraction of sp³-hybridized carbons (Fsp3) is 0.500. The maximum atomic E-state index is 8.81. The maximum Gasteiger partial charge on any atom is 0.0991 e. The van der Waals surface area contributed by atoms with Crippen molar-refractivity contribution in [1.29, 1.82) is 5.26 Å². The summed E-state index contributed by atoms with van der Waals surface area (Å²) in [6.07, 6.45) is 0.319. The highest BCUT2D eigenvalue weighted by Gasteiger charge is 2.38. The van der Waals surface area contributed by atoms with Crippen LogP contribution in [0.3, 0.4) is 0 Å². The van der Waals surface area contributed by atoms with E-state index >= 15 is 0 Å². The van der Waals surface area contributed by atoms with Crippen molar-refractivity contribution in [2.75, 3.05) is 38.2 Å². The quantitative estimate of drug-likeness (QED) is 0.740. The van der Waals surface area contributed by atoms with Crippen LogP contribution >= 0.6 is 0 Å².